The maximum atomic E-state index is 9.05. The number of anilines is 1. The van der Waals surface area contributed by atoms with Gasteiger partial charge in [0.2, 0.25) is 0 Å². The van der Waals surface area contributed by atoms with Crippen LogP contribution < -0.4 is 11.2 Å². The predicted octanol–water partition coefficient (Wildman–Crippen LogP) is -1.26. The molecule has 0 aliphatic carbocycles. The fourth-order valence-electron chi connectivity index (χ4n) is 1.42. The fraction of sp³-hybridized carbons (Fsp3) is 0.111. The van der Waals surface area contributed by atoms with Gasteiger partial charge in [-0.3, -0.25) is 4.68 Å². The number of aromatic nitrogens is 3. The van der Waals surface area contributed by atoms with Gasteiger partial charge < -0.3 is 15.8 Å². The largest absolute Gasteiger partial charge is 0.490 e. The minimum atomic E-state index is -1.55. The van der Waals surface area contributed by atoms with E-state index >= 15 is 0 Å². The van der Waals surface area contributed by atoms with E-state index in [-0.39, 0.29) is 0 Å². The summed E-state index contributed by atoms with van der Waals surface area (Å²) in [4.78, 5) is 3.91. The van der Waals surface area contributed by atoms with Crippen molar-refractivity contribution in [2.75, 3.05) is 5.73 Å². The molecule has 0 aliphatic heterocycles. The molecule has 0 radical (unpaired) electrons. The van der Waals surface area contributed by atoms with Gasteiger partial charge >= 0.3 is 7.12 Å². The van der Waals surface area contributed by atoms with Crippen LogP contribution in [0.4, 0.5) is 5.82 Å². The first-order valence-corrected chi connectivity index (χ1v) is 4.68. The van der Waals surface area contributed by atoms with Crippen LogP contribution in [0.5, 0.6) is 0 Å². The minimum absolute atomic E-state index is 0.299. The second-order valence-electron chi connectivity index (χ2n) is 3.48. The van der Waals surface area contributed by atoms with Crippen LogP contribution in [0.15, 0.2) is 24.7 Å². The van der Waals surface area contributed by atoms with Crippen LogP contribution >= 0.6 is 0 Å². The second kappa shape index (κ2) is 3.95. The molecule has 0 amide bonds. The van der Waals surface area contributed by atoms with Crippen molar-refractivity contribution in [3.63, 3.8) is 0 Å². The summed E-state index contributed by atoms with van der Waals surface area (Å²) in [6, 6.07) is 1.59. The molecule has 0 saturated carbocycles. The molecule has 2 aromatic rings. The highest BCUT2D eigenvalue weighted by Crippen LogP contribution is 2.21. The van der Waals surface area contributed by atoms with Gasteiger partial charge in [-0.2, -0.15) is 5.10 Å². The standard InChI is InChI=1S/C9H11BN4O2/c1-14-5-6(3-13-14)8-2-7(10(15)16)4-12-9(8)11/h2-5,15-16H,1H3,(H2,11,12). The van der Waals surface area contributed by atoms with Gasteiger partial charge in [0, 0.05) is 36.0 Å². The van der Waals surface area contributed by atoms with Crippen LogP contribution in [0.3, 0.4) is 0 Å². The molecule has 0 aromatic carbocycles. The third kappa shape index (κ3) is 1.90. The average molecular weight is 218 g/mol. The molecule has 2 heterocycles. The highest BCUT2D eigenvalue weighted by molar-refractivity contribution is 6.58. The molecule has 0 bridgehead atoms. The molecule has 0 fully saturated rings. The Morgan fingerprint density at radius 3 is 2.69 bits per heavy atom. The lowest BCUT2D eigenvalue weighted by atomic mass is 9.80. The molecule has 0 saturated heterocycles. The summed E-state index contributed by atoms with van der Waals surface area (Å²) in [5.41, 5.74) is 7.44. The van der Waals surface area contributed by atoms with E-state index in [1.165, 1.54) is 6.20 Å². The lowest BCUT2D eigenvalue weighted by Gasteiger charge is -2.05. The fourth-order valence-corrected chi connectivity index (χ4v) is 1.42. The van der Waals surface area contributed by atoms with Gasteiger partial charge in [0.15, 0.2) is 0 Å². The van der Waals surface area contributed by atoms with Gasteiger partial charge in [-0.25, -0.2) is 4.98 Å². The Balaban J connectivity index is 2.51. The summed E-state index contributed by atoms with van der Waals surface area (Å²) in [6.45, 7) is 0. The second-order valence-corrected chi connectivity index (χ2v) is 3.48. The van der Waals surface area contributed by atoms with Crippen LogP contribution in [0.25, 0.3) is 11.1 Å². The number of hydrogen-bond donors (Lipinski definition) is 3. The molecule has 16 heavy (non-hydrogen) atoms. The summed E-state index contributed by atoms with van der Waals surface area (Å²) in [5, 5.41) is 22.1. The Kier molecular flexibility index (Phi) is 2.63. The number of nitrogens with zero attached hydrogens (tertiary/aromatic N) is 3. The average Bonchev–Trinajstić information content (AvgIpc) is 2.65. The van der Waals surface area contributed by atoms with Crippen LogP contribution in [-0.2, 0) is 7.05 Å². The van der Waals surface area contributed by atoms with Gasteiger partial charge in [0.05, 0.1) is 6.20 Å². The molecule has 7 heteroatoms. The van der Waals surface area contributed by atoms with Crippen molar-refractivity contribution in [3.8, 4) is 11.1 Å². The Labute approximate surface area is 92.5 Å². The van der Waals surface area contributed by atoms with E-state index in [0.717, 1.165) is 5.56 Å². The van der Waals surface area contributed by atoms with Crippen LogP contribution in [0.1, 0.15) is 0 Å². The molecule has 0 aliphatic rings. The zero-order chi connectivity index (χ0) is 11.7. The number of aryl methyl sites for hydroxylation is 1. The Bertz CT molecular complexity index is 512. The molecule has 0 atom stereocenters. The smallest absolute Gasteiger partial charge is 0.423 e. The number of pyridine rings is 1. The Morgan fingerprint density at radius 1 is 1.38 bits per heavy atom. The third-order valence-electron chi connectivity index (χ3n) is 2.25. The van der Waals surface area contributed by atoms with E-state index in [2.05, 4.69) is 10.1 Å². The zero-order valence-electron chi connectivity index (χ0n) is 8.70. The molecule has 82 valence electrons. The lowest BCUT2D eigenvalue weighted by molar-refractivity contribution is 0.425. The Morgan fingerprint density at radius 2 is 2.12 bits per heavy atom. The summed E-state index contributed by atoms with van der Waals surface area (Å²) < 4.78 is 1.64. The van der Waals surface area contributed by atoms with E-state index in [1.807, 2.05) is 0 Å². The van der Waals surface area contributed by atoms with Crippen molar-refractivity contribution in [2.45, 2.75) is 0 Å². The van der Waals surface area contributed by atoms with Crippen molar-refractivity contribution < 1.29 is 10.0 Å². The van der Waals surface area contributed by atoms with Gasteiger partial charge in [-0.05, 0) is 6.07 Å². The van der Waals surface area contributed by atoms with Gasteiger partial charge in [-0.1, -0.05) is 0 Å². The third-order valence-corrected chi connectivity index (χ3v) is 2.25. The normalized spacial score (nSPS) is 10.4. The summed E-state index contributed by atoms with van der Waals surface area (Å²) in [7, 11) is 0.237. The first kappa shape index (κ1) is 10.7. The SMILES string of the molecule is Cn1cc(-c2cc(B(O)O)cnc2N)cn1. The van der Waals surface area contributed by atoms with Crippen molar-refractivity contribution in [1.82, 2.24) is 14.8 Å². The molecule has 0 spiro atoms. The Hall–Kier alpha value is -1.86. The van der Waals surface area contributed by atoms with Crippen molar-refractivity contribution in [2.24, 2.45) is 7.05 Å². The highest BCUT2D eigenvalue weighted by atomic mass is 16.4. The zero-order valence-corrected chi connectivity index (χ0v) is 8.70. The van der Waals surface area contributed by atoms with E-state index in [1.54, 1.807) is 30.2 Å². The molecule has 2 aromatic heterocycles. The number of nitrogens with two attached hydrogens (primary N) is 1. The molecule has 4 N–H and O–H groups in total. The molecule has 0 unspecified atom stereocenters. The molecular formula is C9H11BN4O2. The molecule has 6 nitrogen and oxygen atoms in total. The first-order valence-electron chi connectivity index (χ1n) is 4.68. The van der Waals surface area contributed by atoms with Crippen molar-refractivity contribution in [3.05, 3.63) is 24.7 Å². The molecular weight excluding hydrogens is 207 g/mol. The van der Waals surface area contributed by atoms with Crippen LogP contribution in [-0.4, -0.2) is 31.9 Å². The maximum absolute atomic E-state index is 9.05. The van der Waals surface area contributed by atoms with E-state index in [9.17, 15) is 0 Å². The first-order chi connectivity index (χ1) is 7.58. The van der Waals surface area contributed by atoms with E-state index in [4.69, 9.17) is 15.8 Å². The van der Waals surface area contributed by atoms with Crippen molar-refractivity contribution >= 4 is 18.4 Å². The number of hydrogen-bond acceptors (Lipinski definition) is 5. The predicted molar refractivity (Wildman–Crippen MR) is 60.7 cm³/mol. The topological polar surface area (TPSA) is 97.2 Å². The van der Waals surface area contributed by atoms with Gasteiger partial charge in [0.25, 0.3) is 0 Å². The van der Waals surface area contributed by atoms with Gasteiger partial charge in [0.1, 0.15) is 5.82 Å². The van der Waals surface area contributed by atoms with Crippen LogP contribution in [0.2, 0.25) is 0 Å². The van der Waals surface area contributed by atoms with Crippen LogP contribution in [0, 0.1) is 0 Å². The van der Waals surface area contributed by atoms with E-state index in [0.29, 0.717) is 16.8 Å². The summed E-state index contributed by atoms with van der Waals surface area (Å²) in [6.07, 6.45) is 4.75. The maximum Gasteiger partial charge on any atom is 0.490 e. The lowest BCUT2D eigenvalue weighted by Crippen LogP contribution is -2.30. The number of rotatable bonds is 2. The summed E-state index contributed by atoms with van der Waals surface area (Å²) in [5.74, 6) is 0.331. The summed E-state index contributed by atoms with van der Waals surface area (Å²) >= 11 is 0. The molecule has 2 rings (SSSR count). The quantitative estimate of drug-likeness (QED) is 0.547. The highest BCUT2D eigenvalue weighted by Gasteiger charge is 2.15. The van der Waals surface area contributed by atoms with Gasteiger partial charge in [-0.15, -0.1) is 0 Å². The monoisotopic (exact) mass is 218 g/mol. The van der Waals surface area contributed by atoms with E-state index < -0.39 is 7.12 Å². The minimum Gasteiger partial charge on any atom is -0.423 e. The number of nitrogen functional groups attached to an aromatic ring is 1. The van der Waals surface area contributed by atoms with Crippen molar-refractivity contribution in [1.29, 1.82) is 0 Å².